The van der Waals surface area contributed by atoms with Gasteiger partial charge in [-0.3, -0.25) is 0 Å². The highest BCUT2D eigenvalue weighted by molar-refractivity contribution is 5.36. The molecule has 0 spiro atoms. The summed E-state index contributed by atoms with van der Waals surface area (Å²) < 4.78 is 42.5. The molecule has 1 nitrogen and oxygen atoms in total. The normalized spacial score (nSPS) is 11.6. The van der Waals surface area contributed by atoms with Gasteiger partial charge >= 0.3 is 6.18 Å². The maximum Gasteiger partial charge on any atom is 0.416 e. The fourth-order valence-corrected chi connectivity index (χ4v) is 1.47. The molecule has 0 aliphatic rings. The lowest BCUT2D eigenvalue weighted by molar-refractivity contribution is -0.137. The molecule has 0 aliphatic heterocycles. The van der Waals surface area contributed by atoms with E-state index < -0.39 is 11.7 Å². The Morgan fingerprint density at radius 3 is 2.38 bits per heavy atom. The molecule has 1 rings (SSSR count). The van der Waals surface area contributed by atoms with Crippen LogP contribution in [0.25, 0.3) is 0 Å². The van der Waals surface area contributed by atoms with Crippen LogP contribution in [0.4, 0.5) is 13.2 Å². The van der Waals surface area contributed by atoms with Gasteiger partial charge in [-0.15, -0.1) is 0 Å². The van der Waals surface area contributed by atoms with Gasteiger partial charge in [-0.05, 0) is 36.6 Å². The monoisotopic (exact) mass is 232 g/mol. The van der Waals surface area contributed by atoms with E-state index in [2.05, 4.69) is 0 Å². The Morgan fingerprint density at radius 2 is 1.88 bits per heavy atom. The molecule has 0 N–H and O–H groups in total. The summed E-state index contributed by atoms with van der Waals surface area (Å²) >= 11 is 0. The number of ether oxygens (including phenoxy) is 1. The molecule has 0 heterocycles. The molecule has 1 aromatic rings. The van der Waals surface area contributed by atoms with E-state index in [0.29, 0.717) is 12.0 Å². The third kappa shape index (κ3) is 3.43. The highest BCUT2D eigenvalue weighted by Gasteiger charge is 2.31. The molecule has 0 saturated heterocycles. The average molecular weight is 232 g/mol. The lowest BCUT2D eigenvalue weighted by Crippen LogP contribution is -2.06. The maximum atomic E-state index is 12.6. The number of hydrogen-bond donors (Lipinski definition) is 0. The fraction of sp³-hybridized carbons (Fsp3) is 0.500. The number of aryl methyl sites for hydroxylation is 1. The van der Waals surface area contributed by atoms with Crippen LogP contribution in [0.15, 0.2) is 18.2 Å². The van der Waals surface area contributed by atoms with Crippen LogP contribution in [0.3, 0.4) is 0 Å². The van der Waals surface area contributed by atoms with E-state index in [9.17, 15) is 13.2 Å². The van der Waals surface area contributed by atoms with Crippen molar-refractivity contribution < 1.29 is 17.9 Å². The van der Waals surface area contributed by atoms with Crippen LogP contribution in [-0.2, 0) is 12.6 Å². The number of hydrogen-bond acceptors (Lipinski definition) is 1. The summed E-state index contributed by atoms with van der Waals surface area (Å²) in [5.74, 6) is 0.265. The van der Waals surface area contributed by atoms with Gasteiger partial charge in [0.15, 0.2) is 0 Å². The van der Waals surface area contributed by atoms with Crippen LogP contribution in [0, 0.1) is 0 Å². The van der Waals surface area contributed by atoms with Gasteiger partial charge in [-0.1, -0.05) is 13.3 Å². The molecule has 0 aliphatic carbocycles. The zero-order chi connectivity index (χ0) is 12.2. The van der Waals surface area contributed by atoms with Crippen molar-refractivity contribution in [1.82, 2.24) is 0 Å². The standard InChI is InChI=1S/C12H15F3O/c1-3-4-5-9-6-10(12(13,14)15)8-11(7-9)16-2/h6-8H,3-5H2,1-2H3. The highest BCUT2D eigenvalue weighted by atomic mass is 19.4. The van der Waals surface area contributed by atoms with Gasteiger partial charge in [-0.2, -0.15) is 13.2 Å². The highest BCUT2D eigenvalue weighted by Crippen LogP contribution is 2.32. The smallest absolute Gasteiger partial charge is 0.416 e. The molecular formula is C12H15F3O. The summed E-state index contributed by atoms with van der Waals surface area (Å²) in [4.78, 5) is 0. The molecular weight excluding hydrogens is 217 g/mol. The van der Waals surface area contributed by atoms with Gasteiger partial charge < -0.3 is 4.74 Å². The first-order chi connectivity index (χ1) is 7.47. The first-order valence-electron chi connectivity index (χ1n) is 5.22. The summed E-state index contributed by atoms with van der Waals surface area (Å²) in [6.45, 7) is 2.00. The number of alkyl halides is 3. The Kier molecular flexibility index (Phi) is 4.21. The van der Waals surface area contributed by atoms with Crippen molar-refractivity contribution >= 4 is 0 Å². The summed E-state index contributed by atoms with van der Waals surface area (Å²) in [6.07, 6.45) is -1.82. The molecule has 0 atom stereocenters. The third-order valence-electron chi connectivity index (χ3n) is 2.35. The van der Waals surface area contributed by atoms with Crippen LogP contribution in [-0.4, -0.2) is 7.11 Å². The Hall–Kier alpha value is -1.19. The first kappa shape index (κ1) is 12.9. The number of unbranched alkanes of at least 4 members (excludes halogenated alkanes) is 1. The average Bonchev–Trinajstić information content (AvgIpc) is 2.24. The number of halogens is 3. The Bertz CT molecular complexity index is 345. The Labute approximate surface area is 93.2 Å². The van der Waals surface area contributed by atoms with Gasteiger partial charge in [-0.25, -0.2) is 0 Å². The molecule has 90 valence electrons. The first-order valence-corrected chi connectivity index (χ1v) is 5.22. The minimum Gasteiger partial charge on any atom is -0.497 e. The van der Waals surface area contributed by atoms with E-state index in [1.54, 1.807) is 6.07 Å². The molecule has 0 amide bonds. The number of benzene rings is 1. The molecule has 0 unspecified atom stereocenters. The van der Waals surface area contributed by atoms with Crippen molar-refractivity contribution in [2.75, 3.05) is 7.11 Å². The summed E-state index contributed by atoms with van der Waals surface area (Å²) in [5.41, 5.74) is 0.0338. The number of rotatable bonds is 4. The molecule has 0 aromatic heterocycles. The summed E-state index contributed by atoms with van der Waals surface area (Å²) in [6, 6.07) is 3.87. The van der Waals surface area contributed by atoms with E-state index in [-0.39, 0.29) is 5.75 Å². The van der Waals surface area contributed by atoms with Gasteiger partial charge in [0.1, 0.15) is 5.75 Å². The van der Waals surface area contributed by atoms with E-state index in [4.69, 9.17) is 4.74 Å². The molecule has 4 heteroatoms. The zero-order valence-electron chi connectivity index (χ0n) is 9.40. The van der Waals surface area contributed by atoms with Crippen LogP contribution >= 0.6 is 0 Å². The van der Waals surface area contributed by atoms with Crippen molar-refractivity contribution in [3.8, 4) is 5.75 Å². The second kappa shape index (κ2) is 5.23. The summed E-state index contributed by atoms with van der Waals surface area (Å²) in [5, 5.41) is 0. The Morgan fingerprint density at radius 1 is 1.19 bits per heavy atom. The molecule has 1 aromatic carbocycles. The predicted molar refractivity (Wildman–Crippen MR) is 56.6 cm³/mol. The third-order valence-corrected chi connectivity index (χ3v) is 2.35. The fourth-order valence-electron chi connectivity index (χ4n) is 1.47. The molecule has 0 bridgehead atoms. The van der Waals surface area contributed by atoms with E-state index in [0.717, 1.165) is 18.9 Å². The van der Waals surface area contributed by atoms with Crippen molar-refractivity contribution in [2.24, 2.45) is 0 Å². The van der Waals surface area contributed by atoms with Crippen molar-refractivity contribution in [2.45, 2.75) is 32.4 Å². The lowest BCUT2D eigenvalue weighted by Gasteiger charge is -2.11. The van der Waals surface area contributed by atoms with Gasteiger partial charge in [0.2, 0.25) is 0 Å². The number of methoxy groups -OCH3 is 1. The largest absolute Gasteiger partial charge is 0.497 e. The maximum absolute atomic E-state index is 12.6. The molecule has 0 saturated carbocycles. The van der Waals surface area contributed by atoms with E-state index in [1.165, 1.54) is 13.2 Å². The zero-order valence-corrected chi connectivity index (χ0v) is 9.40. The van der Waals surface area contributed by atoms with Gasteiger partial charge in [0.05, 0.1) is 12.7 Å². The SMILES string of the molecule is CCCCc1cc(OC)cc(C(F)(F)F)c1. The lowest BCUT2D eigenvalue weighted by atomic mass is 10.0. The quantitative estimate of drug-likeness (QED) is 0.760. The van der Waals surface area contributed by atoms with Gasteiger partial charge in [0.25, 0.3) is 0 Å². The molecule has 0 radical (unpaired) electrons. The van der Waals surface area contributed by atoms with Gasteiger partial charge in [0, 0.05) is 0 Å². The van der Waals surface area contributed by atoms with Crippen molar-refractivity contribution in [3.05, 3.63) is 29.3 Å². The van der Waals surface area contributed by atoms with Crippen LogP contribution in [0.5, 0.6) is 5.75 Å². The van der Waals surface area contributed by atoms with E-state index in [1.807, 2.05) is 6.92 Å². The molecule has 0 fully saturated rings. The minimum atomic E-state index is -4.31. The van der Waals surface area contributed by atoms with Crippen LogP contribution < -0.4 is 4.74 Å². The molecule has 16 heavy (non-hydrogen) atoms. The topological polar surface area (TPSA) is 9.23 Å². The summed E-state index contributed by atoms with van der Waals surface area (Å²) in [7, 11) is 1.37. The van der Waals surface area contributed by atoms with E-state index >= 15 is 0 Å². The second-order valence-corrected chi connectivity index (χ2v) is 3.67. The van der Waals surface area contributed by atoms with Crippen molar-refractivity contribution in [1.29, 1.82) is 0 Å². The Balaban J connectivity index is 3.01. The van der Waals surface area contributed by atoms with Crippen LogP contribution in [0.1, 0.15) is 30.9 Å². The second-order valence-electron chi connectivity index (χ2n) is 3.67. The van der Waals surface area contributed by atoms with Crippen molar-refractivity contribution in [3.63, 3.8) is 0 Å². The predicted octanol–water partition coefficient (Wildman–Crippen LogP) is 4.06. The van der Waals surface area contributed by atoms with Crippen LogP contribution in [0.2, 0.25) is 0 Å². The minimum absolute atomic E-state index is 0.265.